The zero-order chi connectivity index (χ0) is 9.14. The molecule has 0 saturated heterocycles. The summed E-state index contributed by atoms with van der Waals surface area (Å²) in [6.45, 7) is 2.01. The summed E-state index contributed by atoms with van der Waals surface area (Å²) in [7, 11) is 1.87. The van der Waals surface area contributed by atoms with Crippen molar-refractivity contribution in [2.75, 3.05) is 7.05 Å². The highest BCUT2D eigenvalue weighted by atomic mass is 35.5. The fraction of sp³-hybridized carbons (Fsp3) is 0.375. The molecule has 0 spiro atoms. The second-order valence-electron chi connectivity index (χ2n) is 2.54. The van der Waals surface area contributed by atoms with Crippen LogP contribution in [0.4, 0.5) is 0 Å². The zero-order valence-corrected chi connectivity index (χ0v) is 8.45. The summed E-state index contributed by atoms with van der Waals surface area (Å²) in [5.74, 6) is 0. The monoisotopic (exact) mass is 204 g/mol. The van der Waals surface area contributed by atoms with Gasteiger partial charge in [-0.25, -0.2) is 4.98 Å². The van der Waals surface area contributed by atoms with Gasteiger partial charge in [-0.3, -0.25) is 0 Å². The molecule has 12 heavy (non-hydrogen) atoms. The normalized spacial score (nSPS) is 13.0. The van der Waals surface area contributed by atoms with E-state index in [9.17, 15) is 0 Å². The van der Waals surface area contributed by atoms with Crippen LogP contribution in [-0.2, 0) is 0 Å². The van der Waals surface area contributed by atoms with Gasteiger partial charge in [-0.1, -0.05) is 23.2 Å². The van der Waals surface area contributed by atoms with Gasteiger partial charge in [-0.15, -0.1) is 0 Å². The van der Waals surface area contributed by atoms with E-state index < -0.39 is 0 Å². The highest BCUT2D eigenvalue weighted by molar-refractivity contribution is 6.34. The number of nitrogens with one attached hydrogen (secondary N) is 1. The fourth-order valence-corrected chi connectivity index (χ4v) is 1.42. The van der Waals surface area contributed by atoms with Gasteiger partial charge in [0.05, 0.1) is 0 Å². The van der Waals surface area contributed by atoms with Crippen LogP contribution in [0, 0.1) is 0 Å². The molecule has 0 unspecified atom stereocenters. The summed E-state index contributed by atoms with van der Waals surface area (Å²) >= 11 is 11.6. The first-order valence-electron chi connectivity index (χ1n) is 3.63. The molecule has 0 radical (unpaired) electrons. The quantitative estimate of drug-likeness (QED) is 0.750. The molecule has 0 bridgehead atoms. The smallest absolute Gasteiger partial charge is 0.130 e. The molecule has 1 atom stereocenters. The molecule has 0 fully saturated rings. The van der Waals surface area contributed by atoms with Crippen molar-refractivity contribution in [2.45, 2.75) is 13.0 Å². The van der Waals surface area contributed by atoms with Crippen LogP contribution >= 0.6 is 23.2 Å². The number of pyridine rings is 1. The molecular weight excluding hydrogens is 195 g/mol. The maximum atomic E-state index is 5.94. The van der Waals surface area contributed by atoms with E-state index >= 15 is 0 Å². The van der Waals surface area contributed by atoms with Crippen LogP contribution < -0.4 is 5.32 Å². The maximum absolute atomic E-state index is 5.94. The van der Waals surface area contributed by atoms with Crippen LogP contribution in [0.3, 0.4) is 0 Å². The lowest BCUT2D eigenvalue weighted by molar-refractivity contribution is 0.650. The third-order valence-electron chi connectivity index (χ3n) is 1.75. The Morgan fingerprint density at radius 1 is 1.50 bits per heavy atom. The van der Waals surface area contributed by atoms with Gasteiger partial charge in [-0.05, 0) is 20.0 Å². The summed E-state index contributed by atoms with van der Waals surface area (Å²) < 4.78 is 0. The van der Waals surface area contributed by atoms with Gasteiger partial charge >= 0.3 is 0 Å². The first-order chi connectivity index (χ1) is 5.65. The van der Waals surface area contributed by atoms with Crippen molar-refractivity contribution in [3.8, 4) is 0 Å². The summed E-state index contributed by atoms with van der Waals surface area (Å²) in [4.78, 5) is 3.95. The summed E-state index contributed by atoms with van der Waals surface area (Å²) in [5, 5.41) is 4.15. The van der Waals surface area contributed by atoms with Crippen LogP contribution in [0.1, 0.15) is 18.5 Å². The van der Waals surface area contributed by atoms with Gasteiger partial charge in [0.2, 0.25) is 0 Å². The minimum atomic E-state index is 0.197. The SMILES string of the molecule is CN[C@@H](C)c1cnc(Cl)cc1Cl. The van der Waals surface area contributed by atoms with E-state index in [1.54, 1.807) is 12.3 Å². The molecule has 66 valence electrons. The Kier molecular flexibility index (Phi) is 3.32. The van der Waals surface area contributed by atoms with Gasteiger partial charge < -0.3 is 5.32 Å². The minimum Gasteiger partial charge on any atom is -0.313 e. The number of aromatic nitrogens is 1. The molecule has 2 nitrogen and oxygen atoms in total. The number of rotatable bonds is 2. The summed E-state index contributed by atoms with van der Waals surface area (Å²) in [6, 6.07) is 1.84. The molecule has 0 aliphatic heterocycles. The minimum absolute atomic E-state index is 0.197. The average Bonchev–Trinajstić information content (AvgIpc) is 2.03. The van der Waals surface area contributed by atoms with E-state index in [1.807, 2.05) is 14.0 Å². The molecule has 4 heteroatoms. The molecule has 0 aliphatic rings. The second-order valence-corrected chi connectivity index (χ2v) is 3.33. The van der Waals surface area contributed by atoms with E-state index in [0.29, 0.717) is 10.2 Å². The largest absolute Gasteiger partial charge is 0.313 e. The van der Waals surface area contributed by atoms with Crippen molar-refractivity contribution in [3.63, 3.8) is 0 Å². The van der Waals surface area contributed by atoms with E-state index in [4.69, 9.17) is 23.2 Å². The lowest BCUT2D eigenvalue weighted by Gasteiger charge is -2.11. The van der Waals surface area contributed by atoms with E-state index in [1.165, 1.54) is 0 Å². The third kappa shape index (κ3) is 2.09. The Balaban J connectivity index is 3.01. The van der Waals surface area contributed by atoms with Crippen molar-refractivity contribution < 1.29 is 0 Å². The molecule has 1 aromatic rings. The highest BCUT2D eigenvalue weighted by Crippen LogP contribution is 2.23. The van der Waals surface area contributed by atoms with Crippen molar-refractivity contribution in [2.24, 2.45) is 0 Å². The lowest BCUT2D eigenvalue weighted by atomic mass is 10.1. The Labute approximate surface area is 81.9 Å². The van der Waals surface area contributed by atoms with E-state index in [0.717, 1.165) is 5.56 Å². The standard InChI is InChI=1S/C8H10Cl2N2/c1-5(11-2)6-4-12-8(10)3-7(6)9/h3-5,11H,1-2H3/t5-/m0/s1. The van der Waals surface area contributed by atoms with Crippen LogP contribution in [0.25, 0.3) is 0 Å². The third-order valence-corrected chi connectivity index (χ3v) is 2.28. The Morgan fingerprint density at radius 3 is 2.67 bits per heavy atom. The lowest BCUT2D eigenvalue weighted by Crippen LogP contribution is -2.12. The van der Waals surface area contributed by atoms with Gasteiger partial charge in [0, 0.05) is 22.8 Å². The molecule has 0 aliphatic carbocycles. The first-order valence-corrected chi connectivity index (χ1v) is 4.39. The van der Waals surface area contributed by atoms with Gasteiger partial charge in [0.15, 0.2) is 0 Å². The van der Waals surface area contributed by atoms with Crippen molar-refractivity contribution >= 4 is 23.2 Å². The Bertz CT molecular complexity index is 276. The van der Waals surface area contributed by atoms with Gasteiger partial charge in [0.1, 0.15) is 5.15 Å². The summed E-state index contributed by atoms with van der Waals surface area (Å²) in [5.41, 5.74) is 0.962. The molecule has 0 aromatic carbocycles. The van der Waals surface area contributed by atoms with Gasteiger partial charge in [0.25, 0.3) is 0 Å². The summed E-state index contributed by atoms with van der Waals surface area (Å²) in [6.07, 6.45) is 1.69. The average molecular weight is 205 g/mol. The highest BCUT2D eigenvalue weighted by Gasteiger charge is 2.07. The second kappa shape index (κ2) is 4.08. The number of nitrogens with zero attached hydrogens (tertiary/aromatic N) is 1. The molecule has 1 N–H and O–H groups in total. The molecule has 1 rings (SSSR count). The Morgan fingerprint density at radius 2 is 2.17 bits per heavy atom. The first kappa shape index (κ1) is 9.78. The van der Waals surface area contributed by atoms with Crippen LogP contribution in [0.15, 0.2) is 12.3 Å². The van der Waals surface area contributed by atoms with Crippen molar-refractivity contribution in [1.82, 2.24) is 10.3 Å². The molecule has 1 aromatic heterocycles. The molecule has 0 amide bonds. The van der Waals surface area contributed by atoms with Crippen LogP contribution in [0.5, 0.6) is 0 Å². The number of hydrogen-bond acceptors (Lipinski definition) is 2. The number of hydrogen-bond donors (Lipinski definition) is 1. The van der Waals surface area contributed by atoms with E-state index in [2.05, 4.69) is 10.3 Å². The molecule has 0 saturated carbocycles. The molecule has 1 heterocycles. The number of halogens is 2. The van der Waals surface area contributed by atoms with Crippen LogP contribution in [-0.4, -0.2) is 12.0 Å². The van der Waals surface area contributed by atoms with E-state index in [-0.39, 0.29) is 6.04 Å². The van der Waals surface area contributed by atoms with Crippen molar-refractivity contribution in [3.05, 3.63) is 28.0 Å². The predicted octanol–water partition coefficient (Wildman–Crippen LogP) is 2.67. The van der Waals surface area contributed by atoms with Crippen molar-refractivity contribution in [1.29, 1.82) is 0 Å². The molecular formula is C8H10Cl2N2. The maximum Gasteiger partial charge on any atom is 0.130 e. The fourth-order valence-electron chi connectivity index (χ4n) is 0.892. The topological polar surface area (TPSA) is 24.9 Å². The van der Waals surface area contributed by atoms with Gasteiger partial charge in [-0.2, -0.15) is 0 Å². The Hall–Kier alpha value is -0.310. The zero-order valence-electron chi connectivity index (χ0n) is 6.94. The van der Waals surface area contributed by atoms with Crippen LogP contribution in [0.2, 0.25) is 10.2 Å². The predicted molar refractivity (Wildman–Crippen MR) is 51.7 cm³/mol.